The Labute approximate surface area is 127 Å². The van der Waals surface area contributed by atoms with Gasteiger partial charge in [-0.05, 0) is 37.2 Å². The fourth-order valence-electron chi connectivity index (χ4n) is 2.72. The summed E-state index contributed by atoms with van der Waals surface area (Å²) < 4.78 is 0. The summed E-state index contributed by atoms with van der Waals surface area (Å²) in [5, 5.41) is 0. The molecule has 114 valence electrons. The zero-order valence-electron chi connectivity index (χ0n) is 12.9. The Bertz CT molecular complexity index is 467. The van der Waals surface area contributed by atoms with Gasteiger partial charge in [-0.15, -0.1) is 0 Å². The summed E-state index contributed by atoms with van der Waals surface area (Å²) in [7, 11) is 0. The third-order valence-electron chi connectivity index (χ3n) is 4.05. The van der Waals surface area contributed by atoms with E-state index in [1.807, 2.05) is 0 Å². The number of rotatable bonds is 7. The van der Waals surface area contributed by atoms with Gasteiger partial charge in [0.2, 0.25) is 5.91 Å². The molecule has 1 aromatic rings. The van der Waals surface area contributed by atoms with Crippen LogP contribution in [0.1, 0.15) is 63.4 Å². The molecule has 0 bridgehead atoms. The molecule has 0 aromatic heterocycles. The van der Waals surface area contributed by atoms with Gasteiger partial charge in [-0.3, -0.25) is 10.2 Å². The zero-order valence-corrected chi connectivity index (χ0v) is 12.9. The van der Waals surface area contributed by atoms with Gasteiger partial charge >= 0.3 is 0 Å². The highest BCUT2D eigenvalue weighted by molar-refractivity contribution is 5.75. The fourth-order valence-corrected chi connectivity index (χ4v) is 2.72. The van der Waals surface area contributed by atoms with Crippen molar-refractivity contribution in [3.63, 3.8) is 0 Å². The van der Waals surface area contributed by atoms with Crippen LogP contribution < -0.4 is 10.9 Å². The molecule has 2 rings (SSSR count). The molecule has 1 aliphatic rings. The zero-order chi connectivity index (χ0) is 14.9. The average molecular weight is 286 g/mol. The Morgan fingerprint density at radius 3 is 2.71 bits per heavy atom. The first-order chi connectivity index (χ1) is 10.3. The number of hydrazine groups is 1. The van der Waals surface area contributed by atoms with Crippen molar-refractivity contribution in [2.75, 3.05) is 0 Å². The minimum atomic E-state index is 0.0922. The molecule has 3 heteroatoms. The van der Waals surface area contributed by atoms with Crippen LogP contribution in [0.25, 0.3) is 0 Å². The average Bonchev–Trinajstić information content (AvgIpc) is 2.54. The van der Waals surface area contributed by atoms with E-state index in [0.717, 1.165) is 44.2 Å². The van der Waals surface area contributed by atoms with Crippen molar-refractivity contribution < 1.29 is 4.79 Å². The molecule has 0 radical (unpaired) electrons. The van der Waals surface area contributed by atoms with E-state index in [4.69, 9.17) is 0 Å². The van der Waals surface area contributed by atoms with E-state index < -0.39 is 0 Å². The molecule has 0 spiro atoms. The molecule has 0 aliphatic heterocycles. The topological polar surface area (TPSA) is 41.1 Å². The molecule has 1 aromatic carbocycles. The van der Waals surface area contributed by atoms with Crippen molar-refractivity contribution in [3.8, 4) is 0 Å². The number of hydrogen-bond donors (Lipinski definition) is 2. The largest absolute Gasteiger partial charge is 0.303 e. The molecule has 2 N–H and O–H groups in total. The van der Waals surface area contributed by atoms with Crippen molar-refractivity contribution in [1.29, 1.82) is 0 Å². The van der Waals surface area contributed by atoms with Crippen LogP contribution in [0.5, 0.6) is 0 Å². The Morgan fingerprint density at radius 1 is 1.24 bits per heavy atom. The van der Waals surface area contributed by atoms with E-state index in [9.17, 15) is 4.79 Å². The molecular weight excluding hydrogens is 260 g/mol. The van der Waals surface area contributed by atoms with E-state index in [2.05, 4.69) is 54.2 Å². The number of amides is 1. The highest BCUT2D eigenvalue weighted by Crippen LogP contribution is 2.30. The predicted molar refractivity (Wildman–Crippen MR) is 86.5 cm³/mol. The van der Waals surface area contributed by atoms with E-state index in [0.29, 0.717) is 12.3 Å². The molecule has 0 saturated carbocycles. The normalized spacial score (nSPS) is 18.0. The summed E-state index contributed by atoms with van der Waals surface area (Å²) in [6, 6.07) is 10.7. The van der Waals surface area contributed by atoms with E-state index in [1.54, 1.807) is 0 Å². The lowest BCUT2D eigenvalue weighted by atomic mass is 9.87. The molecule has 0 saturated heterocycles. The lowest BCUT2D eigenvalue weighted by Gasteiger charge is -2.23. The van der Waals surface area contributed by atoms with Gasteiger partial charge in [-0.1, -0.05) is 56.2 Å². The second-order valence-corrected chi connectivity index (χ2v) is 5.74. The molecule has 0 heterocycles. The fraction of sp³-hybridized carbons (Fsp3) is 0.500. The summed E-state index contributed by atoms with van der Waals surface area (Å²) in [6.45, 7) is 2.14. The first-order valence-electron chi connectivity index (χ1n) is 8.08. The smallest absolute Gasteiger partial charge is 0.238 e. The number of benzene rings is 1. The lowest BCUT2D eigenvalue weighted by Crippen LogP contribution is -2.37. The van der Waals surface area contributed by atoms with Crippen LogP contribution in [-0.4, -0.2) is 5.91 Å². The van der Waals surface area contributed by atoms with Crippen molar-refractivity contribution >= 4 is 5.91 Å². The maximum absolute atomic E-state index is 11.6. The van der Waals surface area contributed by atoms with Crippen molar-refractivity contribution in [2.24, 2.45) is 0 Å². The second kappa shape index (κ2) is 8.50. The summed E-state index contributed by atoms with van der Waals surface area (Å²) in [4.78, 5) is 11.6. The van der Waals surface area contributed by atoms with Crippen molar-refractivity contribution in [1.82, 2.24) is 10.9 Å². The van der Waals surface area contributed by atoms with Crippen LogP contribution in [0.15, 0.2) is 42.1 Å². The van der Waals surface area contributed by atoms with Gasteiger partial charge in [0.1, 0.15) is 0 Å². The number of carbonyl (C=O) groups is 1. The highest BCUT2D eigenvalue weighted by atomic mass is 16.2. The summed E-state index contributed by atoms with van der Waals surface area (Å²) >= 11 is 0. The van der Waals surface area contributed by atoms with Gasteiger partial charge in [0.15, 0.2) is 0 Å². The minimum Gasteiger partial charge on any atom is -0.303 e. The number of nitrogens with one attached hydrogen (secondary N) is 2. The van der Waals surface area contributed by atoms with E-state index >= 15 is 0 Å². The molecule has 0 unspecified atom stereocenters. The van der Waals surface area contributed by atoms with Crippen molar-refractivity contribution in [3.05, 3.63) is 47.7 Å². The molecular formula is C18H26N2O. The third-order valence-corrected chi connectivity index (χ3v) is 4.05. The number of carbonyl (C=O) groups excluding carboxylic acids is 1. The van der Waals surface area contributed by atoms with Gasteiger partial charge in [-0.2, -0.15) is 0 Å². The first kappa shape index (κ1) is 15.6. The van der Waals surface area contributed by atoms with Crippen LogP contribution in [0.2, 0.25) is 0 Å². The molecule has 1 amide bonds. The summed E-state index contributed by atoms with van der Waals surface area (Å²) in [5.74, 6) is 0.700. The van der Waals surface area contributed by atoms with Gasteiger partial charge in [0.05, 0.1) is 0 Å². The SMILES string of the molecule is CCCCCC(=O)NNC1=CC[C@H](c2ccccc2)CC1. The molecule has 1 aliphatic carbocycles. The van der Waals surface area contributed by atoms with Gasteiger partial charge in [-0.25, -0.2) is 0 Å². The minimum absolute atomic E-state index is 0.0922. The van der Waals surface area contributed by atoms with Gasteiger partial charge in [0.25, 0.3) is 0 Å². The van der Waals surface area contributed by atoms with Gasteiger partial charge < -0.3 is 5.43 Å². The number of allylic oxidation sites excluding steroid dienone is 2. The molecule has 0 fully saturated rings. The molecule has 3 nitrogen and oxygen atoms in total. The Hall–Kier alpha value is -1.77. The third kappa shape index (κ3) is 5.25. The number of unbranched alkanes of at least 4 members (excludes halogenated alkanes) is 2. The van der Waals surface area contributed by atoms with E-state index in [1.165, 1.54) is 5.56 Å². The molecule has 1 atom stereocenters. The summed E-state index contributed by atoms with van der Waals surface area (Å²) in [6.07, 6.45) is 9.23. The van der Waals surface area contributed by atoms with Crippen LogP contribution >= 0.6 is 0 Å². The van der Waals surface area contributed by atoms with E-state index in [-0.39, 0.29) is 5.91 Å². The maximum atomic E-state index is 11.6. The maximum Gasteiger partial charge on any atom is 0.238 e. The molecule has 21 heavy (non-hydrogen) atoms. The second-order valence-electron chi connectivity index (χ2n) is 5.74. The van der Waals surface area contributed by atoms with Crippen LogP contribution in [0.3, 0.4) is 0 Å². The predicted octanol–water partition coefficient (Wildman–Crippen LogP) is 4.04. The quantitative estimate of drug-likeness (QED) is 0.586. The summed E-state index contributed by atoms with van der Waals surface area (Å²) in [5.41, 5.74) is 8.45. The monoisotopic (exact) mass is 286 g/mol. The highest BCUT2D eigenvalue weighted by Gasteiger charge is 2.16. The Morgan fingerprint density at radius 2 is 2.05 bits per heavy atom. The Kier molecular flexibility index (Phi) is 6.32. The lowest BCUT2D eigenvalue weighted by molar-refractivity contribution is -0.122. The van der Waals surface area contributed by atoms with Crippen LogP contribution in [0, 0.1) is 0 Å². The van der Waals surface area contributed by atoms with Crippen molar-refractivity contribution in [2.45, 2.75) is 57.8 Å². The van der Waals surface area contributed by atoms with Crippen LogP contribution in [-0.2, 0) is 4.79 Å². The van der Waals surface area contributed by atoms with Gasteiger partial charge in [0, 0.05) is 12.1 Å². The standard InChI is InChI=1S/C18H26N2O/c1-2-3-5-10-18(21)20-19-17-13-11-16(12-14-17)15-8-6-4-7-9-15/h4,6-9,13,16,19H,2-3,5,10-12,14H2,1H3,(H,20,21)/t16-/m0/s1. The Balaban J connectivity index is 1.72. The van der Waals surface area contributed by atoms with Crippen LogP contribution in [0.4, 0.5) is 0 Å². The first-order valence-corrected chi connectivity index (χ1v) is 8.08. The number of hydrogen-bond acceptors (Lipinski definition) is 2.